The first-order valence-electron chi connectivity index (χ1n) is 8.62. The molecule has 0 aliphatic heterocycles. The van der Waals surface area contributed by atoms with Crippen LogP contribution in [0.25, 0.3) is 0 Å². The van der Waals surface area contributed by atoms with E-state index in [9.17, 15) is 9.90 Å². The zero-order valence-corrected chi connectivity index (χ0v) is 13.4. The summed E-state index contributed by atoms with van der Waals surface area (Å²) in [5.41, 5.74) is 0. The zero-order valence-electron chi connectivity index (χ0n) is 13.4. The predicted molar refractivity (Wildman–Crippen MR) is 85.1 cm³/mol. The molecule has 0 fully saturated rings. The van der Waals surface area contributed by atoms with Crippen LogP contribution in [-0.4, -0.2) is 5.97 Å². The van der Waals surface area contributed by atoms with E-state index < -0.39 is 5.97 Å². The molecule has 0 atom stereocenters. The minimum atomic E-state index is -0.927. The molecule has 20 heavy (non-hydrogen) atoms. The molecule has 0 unspecified atom stereocenters. The molecule has 0 aliphatic carbocycles. The van der Waals surface area contributed by atoms with E-state index in [0.29, 0.717) is 0 Å². The third-order valence-electron chi connectivity index (χ3n) is 3.64. The van der Waals surface area contributed by atoms with Gasteiger partial charge in [0.15, 0.2) is 0 Å². The van der Waals surface area contributed by atoms with Crippen LogP contribution in [0.2, 0.25) is 0 Å². The number of unbranched alkanes of at least 4 members (excludes halogenated alkanes) is 11. The lowest BCUT2D eigenvalue weighted by Crippen LogP contribution is -1.90. The van der Waals surface area contributed by atoms with Crippen molar-refractivity contribution in [2.45, 2.75) is 96.8 Å². The summed E-state index contributed by atoms with van der Waals surface area (Å²) in [7, 11) is 0. The molecule has 0 aromatic heterocycles. The third kappa shape index (κ3) is 17.2. The number of allylic oxidation sites excluding steroid dienone is 2. The largest absolute Gasteiger partial charge is 0.355 e. The molecule has 0 heterocycles. The third-order valence-corrected chi connectivity index (χ3v) is 3.64. The minimum Gasteiger partial charge on any atom is -0.247 e. The number of hydrogen-bond acceptors (Lipinski definition) is 1. The van der Waals surface area contributed by atoms with Gasteiger partial charge in [0, 0.05) is 0 Å². The summed E-state index contributed by atoms with van der Waals surface area (Å²) in [5, 5.41) is 10.2. The molecule has 0 bridgehead atoms. The Kier molecular flexibility index (Phi) is 15.6. The summed E-state index contributed by atoms with van der Waals surface area (Å²) >= 11 is 0. The Labute approximate surface area is 125 Å². The van der Waals surface area contributed by atoms with Crippen LogP contribution in [0, 0.1) is 0 Å². The van der Waals surface area contributed by atoms with Gasteiger partial charge in [0.2, 0.25) is 0 Å². The van der Waals surface area contributed by atoms with Gasteiger partial charge in [0.05, 0.1) is 6.42 Å². The van der Waals surface area contributed by atoms with Crippen LogP contribution in [-0.2, 0) is 9.90 Å². The van der Waals surface area contributed by atoms with E-state index in [1.165, 1.54) is 64.2 Å². The van der Waals surface area contributed by atoms with Crippen molar-refractivity contribution in [1.82, 2.24) is 0 Å². The van der Waals surface area contributed by atoms with Gasteiger partial charge in [-0.15, -0.1) is 0 Å². The fourth-order valence-electron chi connectivity index (χ4n) is 2.34. The first-order valence-corrected chi connectivity index (χ1v) is 8.62. The second-order valence-electron chi connectivity index (χ2n) is 5.71. The van der Waals surface area contributed by atoms with Crippen molar-refractivity contribution in [3.05, 3.63) is 12.2 Å². The highest BCUT2D eigenvalue weighted by molar-refractivity contribution is 5.66. The molecule has 2 heteroatoms. The first kappa shape index (κ1) is 19.2. The fraction of sp³-hybridized carbons (Fsp3) is 0.833. The van der Waals surface area contributed by atoms with Crippen LogP contribution in [0.3, 0.4) is 0 Å². The SMILES string of the molecule is CCCCCCCCCCC/C=C\CCCCC([O])=O. The minimum absolute atomic E-state index is 0.200. The molecule has 0 aromatic carbocycles. The molecule has 0 amide bonds. The van der Waals surface area contributed by atoms with E-state index in [4.69, 9.17) is 0 Å². The van der Waals surface area contributed by atoms with Crippen molar-refractivity contribution in [1.29, 1.82) is 0 Å². The number of carbonyl (C=O) groups excluding carboxylic acids is 1. The maximum Gasteiger partial charge on any atom is 0.355 e. The van der Waals surface area contributed by atoms with Gasteiger partial charge in [-0.05, 0) is 32.1 Å². The topological polar surface area (TPSA) is 37.0 Å². The van der Waals surface area contributed by atoms with Gasteiger partial charge in [-0.2, -0.15) is 0 Å². The Morgan fingerprint density at radius 2 is 1.15 bits per heavy atom. The first-order chi connectivity index (χ1) is 9.77. The van der Waals surface area contributed by atoms with E-state index in [2.05, 4.69) is 19.1 Å². The lowest BCUT2D eigenvalue weighted by Gasteiger charge is -2.00. The van der Waals surface area contributed by atoms with Crippen molar-refractivity contribution >= 4 is 5.97 Å². The smallest absolute Gasteiger partial charge is 0.247 e. The summed E-state index contributed by atoms with van der Waals surface area (Å²) < 4.78 is 0. The molecule has 2 nitrogen and oxygen atoms in total. The molecular formula is C18H33O2. The molecule has 0 aliphatic rings. The maximum atomic E-state index is 10.2. The monoisotopic (exact) mass is 281 g/mol. The van der Waals surface area contributed by atoms with Crippen LogP contribution >= 0.6 is 0 Å². The Balaban J connectivity index is 3.06. The molecule has 0 saturated heterocycles. The molecule has 0 N–H and O–H groups in total. The maximum absolute atomic E-state index is 10.2. The molecular weight excluding hydrogens is 248 g/mol. The van der Waals surface area contributed by atoms with Gasteiger partial charge in [-0.3, -0.25) is 0 Å². The van der Waals surface area contributed by atoms with E-state index in [1.807, 2.05) is 0 Å². The average molecular weight is 281 g/mol. The summed E-state index contributed by atoms with van der Waals surface area (Å²) in [6.45, 7) is 2.26. The summed E-state index contributed by atoms with van der Waals surface area (Å²) in [6, 6.07) is 0. The van der Waals surface area contributed by atoms with E-state index >= 15 is 0 Å². The zero-order chi connectivity index (χ0) is 14.9. The van der Waals surface area contributed by atoms with E-state index in [0.717, 1.165) is 19.3 Å². The Bertz CT molecular complexity index is 234. The number of carbonyl (C=O) groups is 1. The van der Waals surface area contributed by atoms with Gasteiger partial charge >= 0.3 is 5.97 Å². The summed E-state index contributed by atoms with van der Waals surface area (Å²) in [5.74, 6) is -0.927. The Morgan fingerprint density at radius 1 is 0.700 bits per heavy atom. The number of rotatable bonds is 15. The molecule has 0 spiro atoms. The Morgan fingerprint density at radius 3 is 1.65 bits per heavy atom. The van der Waals surface area contributed by atoms with Crippen molar-refractivity contribution in [2.24, 2.45) is 0 Å². The van der Waals surface area contributed by atoms with Gasteiger partial charge in [-0.1, -0.05) is 70.4 Å². The predicted octanol–water partition coefficient (Wildman–Crippen LogP) is 5.98. The molecule has 1 radical (unpaired) electrons. The summed E-state index contributed by atoms with van der Waals surface area (Å²) in [6.07, 6.45) is 20.9. The van der Waals surface area contributed by atoms with Gasteiger partial charge in [0.25, 0.3) is 0 Å². The molecule has 0 rings (SSSR count). The van der Waals surface area contributed by atoms with Crippen LogP contribution in [0.5, 0.6) is 0 Å². The van der Waals surface area contributed by atoms with Crippen LogP contribution in [0.4, 0.5) is 0 Å². The highest BCUT2D eigenvalue weighted by Crippen LogP contribution is 2.11. The van der Waals surface area contributed by atoms with Crippen molar-refractivity contribution in [3.63, 3.8) is 0 Å². The lowest BCUT2D eigenvalue weighted by atomic mass is 10.1. The molecule has 117 valence electrons. The fourth-order valence-corrected chi connectivity index (χ4v) is 2.34. The van der Waals surface area contributed by atoms with Crippen molar-refractivity contribution in [3.8, 4) is 0 Å². The highest BCUT2D eigenvalue weighted by atomic mass is 16.4. The van der Waals surface area contributed by atoms with Crippen LogP contribution < -0.4 is 0 Å². The van der Waals surface area contributed by atoms with E-state index in [-0.39, 0.29) is 6.42 Å². The van der Waals surface area contributed by atoms with Crippen molar-refractivity contribution in [2.75, 3.05) is 0 Å². The second kappa shape index (κ2) is 16.3. The highest BCUT2D eigenvalue weighted by Gasteiger charge is 1.96. The quantitative estimate of drug-likeness (QED) is 0.268. The van der Waals surface area contributed by atoms with Gasteiger partial charge in [0.1, 0.15) is 0 Å². The second-order valence-corrected chi connectivity index (χ2v) is 5.71. The summed E-state index contributed by atoms with van der Waals surface area (Å²) in [4.78, 5) is 10.2. The van der Waals surface area contributed by atoms with Crippen LogP contribution in [0.15, 0.2) is 12.2 Å². The molecule has 0 saturated carbocycles. The Hall–Kier alpha value is -0.790. The van der Waals surface area contributed by atoms with Gasteiger partial charge < -0.3 is 0 Å². The van der Waals surface area contributed by atoms with Crippen molar-refractivity contribution < 1.29 is 9.90 Å². The number of hydrogen-bond donors (Lipinski definition) is 0. The molecule has 0 aromatic rings. The lowest BCUT2D eigenvalue weighted by molar-refractivity contribution is -0.143. The van der Waals surface area contributed by atoms with Crippen LogP contribution in [0.1, 0.15) is 96.8 Å². The normalized spacial score (nSPS) is 11.2. The van der Waals surface area contributed by atoms with E-state index in [1.54, 1.807) is 0 Å². The standard InChI is InChI=1S/C18H33O2/c1-2-3-4-5-6-7-8-9-10-11-12-13-14-15-16-17-18(19)20/h12-13H,2-11,14-17H2,1H3/b13-12-. The van der Waals surface area contributed by atoms with Gasteiger partial charge in [-0.25, -0.2) is 9.90 Å². The average Bonchev–Trinajstić information content (AvgIpc) is 2.43.